The molecule has 0 aliphatic carbocycles. The van der Waals surface area contributed by atoms with E-state index in [1.54, 1.807) is 6.07 Å². The number of aromatic nitrogens is 1. The molecular weight excluding hydrogens is 395 g/mol. The topological polar surface area (TPSA) is 77.5 Å². The number of hydrogen-bond donors (Lipinski definition) is 1. The van der Waals surface area contributed by atoms with Gasteiger partial charge in [0.25, 0.3) is 5.88 Å². The molecule has 3 heterocycles. The molecule has 2 unspecified atom stereocenters. The first-order valence-electron chi connectivity index (χ1n) is 8.67. The highest BCUT2D eigenvalue weighted by Crippen LogP contribution is 2.35. The SMILES string of the molecule is O=[S+]1([O-])NC2(CCN(Cc3cccc(C(F)(F)F)c3)C2)COc2ncccc21. The van der Waals surface area contributed by atoms with Crippen molar-refractivity contribution in [3.63, 3.8) is 0 Å². The van der Waals surface area contributed by atoms with Crippen LogP contribution in [0.25, 0.3) is 0 Å². The van der Waals surface area contributed by atoms with E-state index in [9.17, 15) is 21.9 Å². The summed E-state index contributed by atoms with van der Waals surface area (Å²) in [5, 5.41) is 0. The third-order valence-corrected chi connectivity index (χ3v) is 6.55. The lowest BCUT2D eigenvalue weighted by atomic mass is 10.0. The van der Waals surface area contributed by atoms with Crippen LogP contribution < -0.4 is 9.46 Å². The van der Waals surface area contributed by atoms with Crippen molar-refractivity contribution >= 4 is 10.4 Å². The van der Waals surface area contributed by atoms with Gasteiger partial charge in [0, 0.05) is 31.9 Å². The molecule has 10 heteroatoms. The van der Waals surface area contributed by atoms with E-state index < -0.39 is 27.7 Å². The minimum Gasteiger partial charge on any atom is -0.593 e. The molecule has 0 bridgehead atoms. The number of nitrogens with zero attached hydrogens (tertiary/aromatic N) is 2. The Bertz CT molecular complexity index is 940. The van der Waals surface area contributed by atoms with Gasteiger partial charge in [0.1, 0.15) is 12.1 Å². The van der Waals surface area contributed by atoms with Crippen LogP contribution in [0.4, 0.5) is 13.2 Å². The fourth-order valence-electron chi connectivity index (χ4n) is 3.66. The van der Waals surface area contributed by atoms with Gasteiger partial charge in [-0.15, -0.1) is 4.72 Å². The Morgan fingerprint density at radius 1 is 1.32 bits per heavy atom. The van der Waals surface area contributed by atoms with E-state index in [-0.39, 0.29) is 17.4 Å². The molecule has 150 valence electrons. The lowest BCUT2D eigenvalue weighted by Gasteiger charge is -2.28. The van der Waals surface area contributed by atoms with Gasteiger partial charge in [0.05, 0.1) is 5.56 Å². The van der Waals surface area contributed by atoms with Crippen LogP contribution in [0, 0.1) is 0 Å². The van der Waals surface area contributed by atoms with Crippen LogP contribution in [0.15, 0.2) is 47.5 Å². The maximum Gasteiger partial charge on any atom is 0.416 e. The normalized spacial score (nSPS) is 28.0. The summed E-state index contributed by atoms with van der Waals surface area (Å²) in [5.41, 5.74) is -1.02. The van der Waals surface area contributed by atoms with Crippen molar-refractivity contribution in [1.82, 2.24) is 14.6 Å². The van der Waals surface area contributed by atoms with Crippen LogP contribution in [0.5, 0.6) is 5.88 Å². The zero-order valence-electron chi connectivity index (χ0n) is 14.7. The van der Waals surface area contributed by atoms with Gasteiger partial charge in [-0.3, -0.25) is 4.90 Å². The summed E-state index contributed by atoms with van der Waals surface area (Å²) >= 11 is 0. The highest BCUT2D eigenvalue weighted by atomic mass is 32.3. The van der Waals surface area contributed by atoms with Crippen LogP contribution >= 0.6 is 0 Å². The van der Waals surface area contributed by atoms with Gasteiger partial charge in [-0.05, 0) is 24.1 Å². The zero-order chi connectivity index (χ0) is 20.0. The van der Waals surface area contributed by atoms with E-state index >= 15 is 0 Å². The summed E-state index contributed by atoms with van der Waals surface area (Å²) in [7, 11) is -3.81. The van der Waals surface area contributed by atoms with Gasteiger partial charge in [-0.25, -0.2) is 4.98 Å². The summed E-state index contributed by atoms with van der Waals surface area (Å²) < 4.78 is 72.5. The smallest absolute Gasteiger partial charge is 0.416 e. The van der Waals surface area contributed by atoms with Crippen molar-refractivity contribution in [1.29, 1.82) is 0 Å². The molecule has 6 nitrogen and oxygen atoms in total. The first-order chi connectivity index (χ1) is 13.2. The third kappa shape index (κ3) is 3.77. The average molecular weight is 413 g/mol. The molecule has 1 spiro atoms. The molecule has 28 heavy (non-hydrogen) atoms. The molecule has 1 saturated heterocycles. The minimum atomic E-state index is -4.40. The highest BCUT2D eigenvalue weighted by Gasteiger charge is 2.48. The number of benzene rings is 1. The number of sulfonamides is 1. The fraction of sp³-hybridized carbons (Fsp3) is 0.389. The summed E-state index contributed by atoms with van der Waals surface area (Å²) in [6.07, 6.45) is -2.45. The second kappa shape index (κ2) is 6.80. The van der Waals surface area contributed by atoms with Crippen LogP contribution in [0.2, 0.25) is 0 Å². The second-order valence-corrected chi connectivity index (χ2v) is 8.79. The quantitative estimate of drug-likeness (QED) is 0.766. The summed E-state index contributed by atoms with van der Waals surface area (Å²) in [6, 6.07) is 8.12. The molecule has 1 fully saturated rings. The van der Waals surface area contributed by atoms with Gasteiger partial charge in [-0.1, -0.05) is 22.4 Å². The molecule has 1 aromatic heterocycles. The van der Waals surface area contributed by atoms with E-state index in [1.807, 2.05) is 4.90 Å². The third-order valence-electron chi connectivity index (χ3n) is 4.96. The zero-order valence-corrected chi connectivity index (χ0v) is 15.6. The standard InChI is InChI=1S/C18H18F3N3O3S/c19-18(20,21)14-4-1-3-13(9-14)10-24-8-6-17(11-24)12-27-16-15(5-2-7-22-16)28(25,26)23-17/h1-5,7,9H,6,8,10-12H2,(H-,23,25,26). The van der Waals surface area contributed by atoms with Gasteiger partial charge in [0.2, 0.25) is 4.90 Å². The Hall–Kier alpha value is -2.01. The molecule has 2 aliphatic rings. The summed E-state index contributed by atoms with van der Waals surface area (Å²) in [4.78, 5) is 5.90. The van der Waals surface area contributed by atoms with E-state index in [4.69, 9.17) is 4.74 Å². The molecule has 1 N–H and O–H groups in total. The van der Waals surface area contributed by atoms with Crippen LogP contribution in [0.1, 0.15) is 17.5 Å². The number of rotatable bonds is 2. The fourth-order valence-corrected chi connectivity index (χ4v) is 5.17. The molecule has 2 aromatic rings. The Morgan fingerprint density at radius 3 is 2.93 bits per heavy atom. The van der Waals surface area contributed by atoms with Gasteiger partial charge in [-0.2, -0.15) is 13.2 Å². The summed E-state index contributed by atoms with van der Waals surface area (Å²) in [6.45, 7) is 1.26. The molecular formula is C18H18F3N3O3S. The Labute approximate surface area is 161 Å². The molecule has 2 aliphatic heterocycles. The number of likely N-dealkylation sites (tertiary alicyclic amines) is 1. The number of ether oxygens (including phenoxy) is 1. The highest BCUT2D eigenvalue weighted by molar-refractivity contribution is 7.96. The second-order valence-electron chi connectivity index (χ2n) is 7.14. The van der Waals surface area contributed by atoms with Crippen molar-refractivity contribution in [2.75, 3.05) is 19.7 Å². The van der Waals surface area contributed by atoms with E-state index in [0.29, 0.717) is 31.6 Å². The van der Waals surface area contributed by atoms with Gasteiger partial charge >= 0.3 is 6.18 Å². The van der Waals surface area contributed by atoms with Crippen molar-refractivity contribution in [3.8, 4) is 5.88 Å². The van der Waals surface area contributed by atoms with Crippen molar-refractivity contribution in [3.05, 3.63) is 53.7 Å². The van der Waals surface area contributed by atoms with Gasteiger partial charge in [0.15, 0.2) is 10.4 Å². The van der Waals surface area contributed by atoms with Gasteiger partial charge < -0.3 is 9.29 Å². The van der Waals surface area contributed by atoms with E-state index in [2.05, 4.69) is 9.71 Å². The molecule has 4 rings (SSSR count). The Balaban J connectivity index is 1.51. The predicted molar refractivity (Wildman–Crippen MR) is 94.0 cm³/mol. The summed E-state index contributed by atoms with van der Waals surface area (Å²) in [5.74, 6) is 0.0585. The minimum absolute atomic E-state index is 0.0109. The number of hydrogen-bond acceptors (Lipinski definition) is 5. The number of fused-ring (bicyclic) bond motifs is 1. The molecule has 0 amide bonds. The lowest BCUT2D eigenvalue weighted by Crippen LogP contribution is -2.54. The largest absolute Gasteiger partial charge is 0.593 e. The van der Waals surface area contributed by atoms with Crippen LogP contribution in [-0.2, 0) is 27.3 Å². The molecule has 0 saturated carbocycles. The van der Waals surface area contributed by atoms with E-state index in [0.717, 1.165) is 12.1 Å². The maximum absolute atomic E-state index is 12.9. The lowest BCUT2D eigenvalue weighted by molar-refractivity contribution is -0.137. The number of nitrogens with one attached hydrogen (secondary N) is 1. The first kappa shape index (κ1) is 19.3. The van der Waals surface area contributed by atoms with Crippen LogP contribution in [-0.4, -0.2) is 39.7 Å². The number of pyridine rings is 1. The van der Waals surface area contributed by atoms with E-state index in [1.165, 1.54) is 24.4 Å². The average Bonchev–Trinajstić information content (AvgIpc) is 2.96. The first-order valence-corrected chi connectivity index (χ1v) is 10.2. The molecule has 0 radical (unpaired) electrons. The van der Waals surface area contributed by atoms with Crippen molar-refractivity contribution < 1.29 is 26.7 Å². The maximum atomic E-state index is 12.9. The molecule has 2 atom stereocenters. The van der Waals surface area contributed by atoms with Crippen molar-refractivity contribution in [2.45, 2.75) is 29.6 Å². The number of alkyl halides is 3. The Morgan fingerprint density at radius 2 is 2.14 bits per heavy atom. The predicted octanol–water partition coefficient (Wildman–Crippen LogP) is 2.63. The Kier molecular flexibility index (Phi) is 4.69. The number of halogens is 3. The van der Waals surface area contributed by atoms with Crippen molar-refractivity contribution in [2.24, 2.45) is 0 Å². The monoisotopic (exact) mass is 413 g/mol. The molecule has 1 aromatic carbocycles. The van der Waals surface area contributed by atoms with Crippen LogP contribution in [0.3, 0.4) is 0 Å².